The van der Waals surface area contributed by atoms with Crippen LogP contribution in [-0.2, 0) is 19.6 Å². The average Bonchev–Trinajstić information content (AvgIpc) is 2.64. The molecular formula is C17H19N3O6S. The van der Waals surface area contributed by atoms with Gasteiger partial charge in [-0.2, -0.15) is 0 Å². The van der Waals surface area contributed by atoms with Gasteiger partial charge in [0, 0.05) is 17.9 Å². The van der Waals surface area contributed by atoms with Gasteiger partial charge in [-0.1, -0.05) is 18.2 Å². The number of ether oxygens (including phenoxy) is 1. The second-order valence-corrected chi connectivity index (χ2v) is 6.95. The summed E-state index contributed by atoms with van der Waals surface area (Å²) in [5, 5.41) is 19.2. The number of nitrogens with two attached hydrogens (primary N) is 1. The van der Waals surface area contributed by atoms with Crippen LogP contribution in [0.25, 0.3) is 0 Å². The maximum atomic E-state index is 12.2. The van der Waals surface area contributed by atoms with E-state index in [0.717, 1.165) is 0 Å². The van der Waals surface area contributed by atoms with Crippen LogP contribution in [0.2, 0.25) is 0 Å². The molecule has 0 bridgehead atoms. The van der Waals surface area contributed by atoms with Gasteiger partial charge in [-0.05, 0) is 30.3 Å². The molecule has 0 saturated carbocycles. The molecule has 27 heavy (non-hydrogen) atoms. The smallest absolute Gasteiger partial charge is 0.340 e. The molecule has 10 heteroatoms. The summed E-state index contributed by atoms with van der Waals surface area (Å²) in [5.74, 6) is -1.36. The van der Waals surface area contributed by atoms with Crippen molar-refractivity contribution in [1.82, 2.24) is 0 Å². The summed E-state index contributed by atoms with van der Waals surface area (Å²) >= 11 is 0. The lowest BCUT2D eigenvalue weighted by Crippen LogP contribution is -2.22. The molecule has 0 aromatic heterocycles. The van der Waals surface area contributed by atoms with Gasteiger partial charge in [0.2, 0.25) is 10.0 Å². The van der Waals surface area contributed by atoms with E-state index in [2.05, 4.69) is 10.6 Å². The first-order chi connectivity index (χ1) is 12.8. The number of benzene rings is 2. The van der Waals surface area contributed by atoms with E-state index in [1.807, 2.05) is 0 Å². The Labute approximate surface area is 156 Å². The predicted octanol–water partition coefficient (Wildman–Crippen LogP) is 0.534. The molecule has 5 N–H and O–H groups in total. The minimum Gasteiger partial charge on any atom is -0.452 e. The van der Waals surface area contributed by atoms with Gasteiger partial charge in [0.1, 0.15) is 0 Å². The molecule has 0 unspecified atom stereocenters. The van der Waals surface area contributed by atoms with E-state index < -0.39 is 28.5 Å². The Kier molecular flexibility index (Phi) is 6.88. The van der Waals surface area contributed by atoms with Gasteiger partial charge in [-0.15, -0.1) is 0 Å². The van der Waals surface area contributed by atoms with E-state index in [4.69, 9.17) is 15.0 Å². The highest BCUT2D eigenvalue weighted by Gasteiger charge is 2.15. The van der Waals surface area contributed by atoms with Gasteiger partial charge in [0.25, 0.3) is 5.91 Å². The molecule has 2 aromatic rings. The van der Waals surface area contributed by atoms with E-state index in [-0.39, 0.29) is 29.3 Å². The van der Waals surface area contributed by atoms with Crippen molar-refractivity contribution in [3.05, 3.63) is 54.1 Å². The number of aliphatic hydroxyl groups excluding tert-OH is 1. The van der Waals surface area contributed by atoms with Gasteiger partial charge in [-0.25, -0.2) is 18.4 Å². The number of carbonyl (C=O) groups excluding carboxylic acids is 2. The van der Waals surface area contributed by atoms with Crippen LogP contribution in [0.3, 0.4) is 0 Å². The molecule has 0 atom stereocenters. The number of anilines is 2. The lowest BCUT2D eigenvalue weighted by atomic mass is 10.2. The summed E-state index contributed by atoms with van der Waals surface area (Å²) < 4.78 is 27.6. The summed E-state index contributed by atoms with van der Waals surface area (Å²) in [6, 6.07) is 11.9. The first kappa shape index (κ1) is 20.4. The maximum absolute atomic E-state index is 12.2. The van der Waals surface area contributed by atoms with E-state index in [9.17, 15) is 18.0 Å². The molecule has 1 amide bonds. The standard InChI is InChI=1S/C17H19N3O6S/c18-27(24,25)13-5-3-4-12(10-13)20-16(22)11-26-17(23)14-6-1-2-7-15(14)19-8-9-21/h1-7,10,19,21H,8-9,11H2,(H,20,22)(H2,18,24,25). The molecule has 2 aromatic carbocycles. The normalized spacial score (nSPS) is 10.9. The Morgan fingerprint density at radius 2 is 1.85 bits per heavy atom. The number of para-hydroxylation sites is 1. The van der Waals surface area contributed by atoms with Crippen LogP contribution < -0.4 is 15.8 Å². The average molecular weight is 393 g/mol. The molecule has 0 heterocycles. The largest absolute Gasteiger partial charge is 0.452 e. The molecule has 9 nitrogen and oxygen atoms in total. The van der Waals surface area contributed by atoms with E-state index in [1.165, 1.54) is 30.3 Å². The third-order valence-corrected chi connectivity index (χ3v) is 4.27. The first-order valence-corrected chi connectivity index (χ1v) is 9.39. The lowest BCUT2D eigenvalue weighted by Gasteiger charge is -2.11. The lowest BCUT2D eigenvalue weighted by molar-refractivity contribution is -0.119. The molecule has 0 spiro atoms. The van der Waals surface area contributed by atoms with E-state index >= 15 is 0 Å². The van der Waals surface area contributed by atoms with Crippen molar-refractivity contribution < 1.29 is 27.9 Å². The molecular weight excluding hydrogens is 374 g/mol. The number of esters is 1. The summed E-state index contributed by atoms with van der Waals surface area (Å²) in [6.07, 6.45) is 0. The number of primary sulfonamides is 1. The van der Waals surface area contributed by atoms with Crippen molar-refractivity contribution in [2.75, 3.05) is 30.4 Å². The second-order valence-electron chi connectivity index (χ2n) is 5.39. The quantitative estimate of drug-likeness (QED) is 0.478. The SMILES string of the molecule is NS(=O)(=O)c1cccc(NC(=O)COC(=O)c2ccccc2NCCO)c1. The van der Waals surface area contributed by atoms with Crippen molar-refractivity contribution in [1.29, 1.82) is 0 Å². The van der Waals surface area contributed by atoms with Crippen molar-refractivity contribution in [2.24, 2.45) is 5.14 Å². The highest BCUT2D eigenvalue weighted by atomic mass is 32.2. The molecule has 0 aliphatic carbocycles. The van der Waals surface area contributed by atoms with Crippen LogP contribution in [0.5, 0.6) is 0 Å². The van der Waals surface area contributed by atoms with Gasteiger partial charge in [-0.3, -0.25) is 4.79 Å². The fourth-order valence-electron chi connectivity index (χ4n) is 2.16. The number of hydrogen-bond acceptors (Lipinski definition) is 7. The second kappa shape index (κ2) is 9.12. The number of amides is 1. The highest BCUT2D eigenvalue weighted by molar-refractivity contribution is 7.89. The number of aliphatic hydroxyl groups is 1. The highest BCUT2D eigenvalue weighted by Crippen LogP contribution is 2.16. The van der Waals surface area contributed by atoms with Crippen molar-refractivity contribution in [2.45, 2.75) is 4.90 Å². The summed E-state index contributed by atoms with van der Waals surface area (Å²) in [7, 11) is -3.90. The molecule has 0 fully saturated rings. The zero-order chi connectivity index (χ0) is 19.9. The van der Waals surface area contributed by atoms with Crippen LogP contribution >= 0.6 is 0 Å². The van der Waals surface area contributed by atoms with Crippen LogP contribution in [0.15, 0.2) is 53.4 Å². The molecule has 0 radical (unpaired) electrons. The van der Waals surface area contributed by atoms with Crippen molar-refractivity contribution >= 4 is 33.3 Å². The Hall–Kier alpha value is -2.95. The number of nitrogens with one attached hydrogen (secondary N) is 2. The number of carbonyl (C=O) groups is 2. The van der Waals surface area contributed by atoms with E-state index in [1.54, 1.807) is 18.2 Å². The van der Waals surface area contributed by atoms with Crippen LogP contribution in [0.1, 0.15) is 10.4 Å². The molecule has 0 saturated heterocycles. The number of sulfonamides is 1. The van der Waals surface area contributed by atoms with Crippen LogP contribution in [0.4, 0.5) is 11.4 Å². The predicted molar refractivity (Wildman–Crippen MR) is 98.7 cm³/mol. The molecule has 2 rings (SSSR count). The van der Waals surface area contributed by atoms with Gasteiger partial charge >= 0.3 is 5.97 Å². The number of hydrogen-bond donors (Lipinski definition) is 4. The molecule has 144 valence electrons. The summed E-state index contributed by atoms with van der Waals surface area (Å²) in [4.78, 5) is 24.0. The minimum absolute atomic E-state index is 0.108. The van der Waals surface area contributed by atoms with Gasteiger partial charge in [0.05, 0.1) is 17.1 Å². The summed E-state index contributed by atoms with van der Waals surface area (Å²) in [5.41, 5.74) is 0.889. The minimum atomic E-state index is -3.90. The Bertz CT molecular complexity index is 930. The third-order valence-electron chi connectivity index (χ3n) is 3.35. The Morgan fingerprint density at radius 3 is 2.56 bits per heavy atom. The van der Waals surface area contributed by atoms with Gasteiger partial charge < -0.3 is 20.5 Å². The van der Waals surface area contributed by atoms with E-state index in [0.29, 0.717) is 5.69 Å². The Morgan fingerprint density at radius 1 is 1.11 bits per heavy atom. The monoisotopic (exact) mass is 393 g/mol. The zero-order valence-electron chi connectivity index (χ0n) is 14.2. The molecule has 0 aliphatic heterocycles. The number of rotatable bonds is 8. The topological polar surface area (TPSA) is 148 Å². The fraction of sp³-hybridized carbons (Fsp3) is 0.176. The fourth-order valence-corrected chi connectivity index (χ4v) is 2.72. The Balaban J connectivity index is 1.97. The first-order valence-electron chi connectivity index (χ1n) is 7.85. The summed E-state index contributed by atoms with van der Waals surface area (Å²) in [6.45, 7) is -0.415. The maximum Gasteiger partial charge on any atom is 0.340 e. The van der Waals surface area contributed by atoms with Crippen molar-refractivity contribution in [3.8, 4) is 0 Å². The molecule has 0 aliphatic rings. The van der Waals surface area contributed by atoms with Crippen LogP contribution in [0, 0.1) is 0 Å². The van der Waals surface area contributed by atoms with Gasteiger partial charge in [0.15, 0.2) is 6.61 Å². The van der Waals surface area contributed by atoms with Crippen molar-refractivity contribution in [3.63, 3.8) is 0 Å². The third kappa shape index (κ3) is 6.06. The zero-order valence-corrected chi connectivity index (χ0v) is 15.0. The van der Waals surface area contributed by atoms with Crippen LogP contribution in [-0.4, -0.2) is 45.2 Å².